The third kappa shape index (κ3) is 3.51. The molecule has 5 nitrogen and oxygen atoms in total. The third-order valence-corrected chi connectivity index (χ3v) is 5.61. The van der Waals surface area contributed by atoms with Gasteiger partial charge in [0.2, 0.25) is 18.0 Å². The van der Waals surface area contributed by atoms with Gasteiger partial charge in [-0.1, -0.05) is 30.3 Å². The first-order valence-corrected chi connectivity index (χ1v) is 8.82. The molecule has 1 aromatic rings. The number of fused-ring (bicyclic) bond motifs is 1. The van der Waals surface area contributed by atoms with Gasteiger partial charge in [-0.05, 0) is 19.4 Å². The lowest BCUT2D eigenvalue weighted by atomic mass is 9.89. The second kappa shape index (κ2) is 7.48. The molecule has 1 aromatic carbocycles. The molecule has 1 unspecified atom stereocenters. The van der Waals surface area contributed by atoms with Crippen molar-refractivity contribution in [2.75, 3.05) is 27.3 Å². The molecule has 5 atom stereocenters. The zero-order valence-electron chi connectivity index (χ0n) is 15.7. The van der Waals surface area contributed by atoms with Crippen LogP contribution in [0, 0.1) is 5.92 Å². The Morgan fingerprint density at radius 1 is 1.08 bits per heavy atom. The van der Waals surface area contributed by atoms with E-state index in [1.807, 2.05) is 35.2 Å². The largest absolute Gasteiger partial charge is 0.349 e. The molecular weight excluding hydrogens is 344 g/mol. The number of alkyl halides is 2. The van der Waals surface area contributed by atoms with E-state index in [1.54, 1.807) is 13.8 Å². The molecule has 146 valence electrons. The van der Waals surface area contributed by atoms with Gasteiger partial charge in [-0.2, -0.15) is 0 Å². The fourth-order valence-corrected chi connectivity index (χ4v) is 3.80. The monoisotopic (exact) mass is 371 g/mol. The highest BCUT2D eigenvalue weighted by Gasteiger charge is 2.60. The summed E-state index contributed by atoms with van der Waals surface area (Å²) in [6, 6.07) is 9.80. The van der Waals surface area contributed by atoms with Crippen molar-refractivity contribution in [3.63, 3.8) is 0 Å². The molecular formula is C19H27F2NO4. The topological polar surface area (TPSA) is 40.2 Å². The average Bonchev–Trinajstić information content (AvgIpc) is 2.63. The molecule has 2 heterocycles. The second-order valence-corrected chi connectivity index (χ2v) is 7.22. The molecule has 0 N–H and O–H groups in total. The number of ether oxygens (including phenoxy) is 4. The molecule has 2 fully saturated rings. The smallest absolute Gasteiger partial charge is 0.245 e. The van der Waals surface area contributed by atoms with Gasteiger partial charge in [0, 0.05) is 33.9 Å². The maximum atomic E-state index is 13.8. The maximum Gasteiger partial charge on any atom is 0.245 e. The molecule has 0 spiro atoms. The van der Waals surface area contributed by atoms with Gasteiger partial charge < -0.3 is 18.9 Å². The van der Waals surface area contributed by atoms with E-state index in [2.05, 4.69) is 0 Å². The van der Waals surface area contributed by atoms with E-state index in [9.17, 15) is 8.78 Å². The summed E-state index contributed by atoms with van der Waals surface area (Å²) >= 11 is 0. The Bertz CT molecular complexity index is 604. The first-order valence-electron chi connectivity index (χ1n) is 8.82. The fourth-order valence-electron chi connectivity index (χ4n) is 3.80. The lowest BCUT2D eigenvalue weighted by molar-refractivity contribution is -0.459. The number of hydrogen-bond donors (Lipinski definition) is 0. The molecule has 2 saturated heterocycles. The summed E-state index contributed by atoms with van der Waals surface area (Å²) in [6.07, 6.45) is -3.80. The van der Waals surface area contributed by atoms with Gasteiger partial charge in [0.05, 0.1) is 12.0 Å². The van der Waals surface area contributed by atoms with Crippen LogP contribution in [-0.4, -0.2) is 62.4 Å². The number of nitrogens with zero attached hydrogens (tertiary/aromatic N) is 1. The van der Waals surface area contributed by atoms with Crippen LogP contribution in [0.3, 0.4) is 0 Å². The van der Waals surface area contributed by atoms with Gasteiger partial charge in [-0.15, -0.1) is 0 Å². The van der Waals surface area contributed by atoms with Crippen molar-refractivity contribution in [2.24, 2.45) is 5.92 Å². The fraction of sp³-hybridized carbons (Fsp3) is 0.684. The maximum absolute atomic E-state index is 13.8. The minimum absolute atomic E-state index is 0.237. The molecule has 0 amide bonds. The first-order chi connectivity index (χ1) is 12.3. The Morgan fingerprint density at radius 2 is 1.69 bits per heavy atom. The van der Waals surface area contributed by atoms with Crippen LogP contribution in [0.4, 0.5) is 8.78 Å². The Labute approximate surface area is 153 Å². The quantitative estimate of drug-likeness (QED) is 0.796. The molecule has 0 aliphatic carbocycles. The average molecular weight is 371 g/mol. The van der Waals surface area contributed by atoms with Crippen LogP contribution in [-0.2, 0) is 25.5 Å². The van der Waals surface area contributed by atoms with Crippen molar-refractivity contribution in [3.05, 3.63) is 35.9 Å². The van der Waals surface area contributed by atoms with Crippen LogP contribution in [0.25, 0.3) is 0 Å². The van der Waals surface area contributed by atoms with Gasteiger partial charge in [0.1, 0.15) is 6.10 Å². The summed E-state index contributed by atoms with van der Waals surface area (Å²) in [4.78, 5) is 1.99. The Hall–Kier alpha value is -1.12. The van der Waals surface area contributed by atoms with Crippen molar-refractivity contribution in [1.82, 2.24) is 4.90 Å². The first kappa shape index (κ1) is 19.6. The Balaban J connectivity index is 1.83. The predicted molar refractivity (Wildman–Crippen MR) is 91.8 cm³/mol. The molecule has 26 heavy (non-hydrogen) atoms. The van der Waals surface area contributed by atoms with Crippen LogP contribution >= 0.6 is 0 Å². The van der Waals surface area contributed by atoms with Gasteiger partial charge in [-0.25, -0.2) is 8.78 Å². The highest BCUT2D eigenvalue weighted by molar-refractivity contribution is 5.15. The van der Waals surface area contributed by atoms with Crippen LogP contribution in [0.2, 0.25) is 0 Å². The van der Waals surface area contributed by atoms with Crippen LogP contribution in [0.1, 0.15) is 19.4 Å². The van der Waals surface area contributed by atoms with Gasteiger partial charge >= 0.3 is 0 Å². The van der Waals surface area contributed by atoms with Crippen LogP contribution in [0.5, 0.6) is 0 Å². The number of benzene rings is 1. The summed E-state index contributed by atoms with van der Waals surface area (Å²) in [5.41, 5.74) is 1.08. The van der Waals surface area contributed by atoms with Crippen molar-refractivity contribution < 1.29 is 27.7 Å². The predicted octanol–water partition coefficient (Wildman–Crippen LogP) is 2.89. The van der Waals surface area contributed by atoms with Crippen molar-refractivity contribution >= 4 is 0 Å². The number of hydrogen-bond acceptors (Lipinski definition) is 5. The minimum Gasteiger partial charge on any atom is -0.349 e. The molecule has 2 aliphatic rings. The Kier molecular flexibility index (Phi) is 5.65. The number of rotatable bonds is 5. The van der Waals surface area contributed by atoms with E-state index in [4.69, 9.17) is 18.9 Å². The van der Waals surface area contributed by atoms with E-state index in [-0.39, 0.29) is 6.54 Å². The molecule has 0 bridgehead atoms. The zero-order valence-corrected chi connectivity index (χ0v) is 15.7. The van der Waals surface area contributed by atoms with E-state index >= 15 is 0 Å². The lowest BCUT2D eigenvalue weighted by Gasteiger charge is -2.56. The van der Waals surface area contributed by atoms with E-state index in [0.717, 1.165) is 5.56 Å². The number of piperidine rings is 1. The molecule has 2 aliphatic heterocycles. The van der Waals surface area contributed by atoms with E-state index < -0.39 is 36.1 Å². The zero-order chi connectivity index (χ0) is 18.9. The normalized spacial score (nSPS) is 38.3. The number of halogens is 2. The van der Waals surface area contributed by atoms with E-state index in [0.29, 0.717) is 13.1 Å². The van der Waals surface area contributed by atoms with Crippen molar-refractivity contribution in [2.45, 2.75) is 50.6 Å². The van der Waals surface area contributed by atoms with Gasteiger partial charge in [0.15, 0.2) is 0 Å². The number of likely N-dealkylation sites (tertiary alicyclic amines) is 1. The summed E-state index contributed by atoms with van der Waals surface area (Å²) < 4.78 is 50.7. The van der Waals surface area contributed by atoms with Crippen molar-refractivity contribution in [1.29, 1.82) is 0 Å². The third-order valence-electron chi connectivity index (χ3n) is 5.61. The second-order valence-electron chi connectivity index (χ2n) is 7.22. The Morgan fingerprint density at radius 3 is 2.27 bits per heavy atom. The van der Waals surface area contributed by atoms with Crippen molar-refractivity contribution in [3.8, 4) is 0 Å². The van der Waals surface area contributed by atoms with Gasteiger partial charge in [0.25, 0.3) is 0 Å². The highest BCUT2D eigenvalue weighted by atomic mass is 19.3. The molecule has 7 heteroatoms. The SMILES string of the molecule is CO[C@@]1(C)O[C@@H]2C(C(F)F)CN(Cc3ccccc3)C[C@H]2O[C@]1(C)OC. The summed E-state index contributed by atoms with van der Waals surface area (Å²) in [6.45, 7) is 4.68. The van der Waals surface area contributed by atoms with E-state index in [1.165, 1.54) is 14.2 Å². The molecule has 0 radical (unpaired) electrons. The molecule has 3 rings (SSSR count). The summed E-state index contributed by atoms with van der Waals surface area (Å²) in [5.74, 6) is -3.42. The highest BCUT2D eigenvalue weighted by Crippen LogP contribution is 2.43. The summed E-state index contributed by atoms with van der Waals surface area (Å²) in [5, 5.41) is 0. The lowest BCUT2D eigenvalue weighted by Crippen LogP contribution is -2.70. The minimum atomic E-state index is -2.52. The number of methoxy groups -OCH3 is 2. The molecule has 0 aromatic heterocycles. The van der Waals surface area contributed by atoms with Crippen LogP contribution in [0.15, 0.2) is 30.3 Å². The molecule has 0 saturated carbocycles. The van der Waals surface area contributed by atoms with Gasteiger partial charge in [-0.3, -0.25) is 4.90 Å². The summed E-state index contributed by atoms with van der Waals surface area (Å²) in [7, 11) is 2.96. The standard InChI is InChI=1S/C19H27F2NO4/c1-18(23-3)19(2,24-4)26-16-14(17(20)21)11-22(12-15(16)25-18)10-13-8-6-5-7-9-13/h5-9,14-17H,10-12H2,1-4H3/t14?,15-,16-,18+,19+/m1/s1. The van der Waals surface area contributed by atoms with Crippen LogP contribution < -0.4 is 0 Å².